The molecule has 1 amide bonds. The highest BCUT2D eigenvalue weighted by atomic mass is 16.6. The van der Waals surface area contributed by atoms with Gasteiger partial charge in [-0.05, 0) is 31.2 Å². The highest BCUT2D eigenvalue weighted by Gasteiger charge is 2.30. The lowest BCUT2D eigenvalue weighted by Gasteiger charge is -2.35. The van der Waals surface area contributed by atoms with Gasteiger partial charge in [0.2, 0.25) is 0 Å². The van der Waals surface area contributed by atoms with Gasteiger partial charge in [-0.15, -0.1) is 0 Å². The molecule has 1 fully saturated rings. The number of benzene rings is 1. The maximum Gasteiger partial charge on any atom is 0.344 e. The molecule has 0 unspecified atom stereocenters. The van der Waals surface area contributed by atoms with Gasteiger partial charge in [-0.25, -0.2) is 4.79 Å². The van der Waals surface area contributed by atoms with Crippen molar-refractivity contribution in [3.8, 4) is 5.75 Å². The molecule has 0 saturated heterocycles. The predicted octanol–water partition coefficient (Wildman–Crippen LogP) is 2.85. The molecule has 0 bridgehead atoms. The summed E-state index contributed by atoms with van der Waals surface area (Å²) >= 11 is 0. The number of nitro benzene ring substituents is 1. The monoisotopic (exact) mass is 378 g/mol. The molecule has 4 atom stereocenters. The molecule has 1 aromatic rings. The topological polar surface area (TPSA) is 108 Å². The van der Waals surface area contributed by atoms with Crippen molar-refractivity contribution in [2.45, 2.75) is 52.2 Å². The number of hydrogen-bond donors (Lipinski definition) is 1. The first-order valence-corrected chi connectivity index (χ1v) is 9.15. The van der Waals surface area contributed by atoms with E-state index in [1.165, 1.54) is 25.1 Å². The number of carbonyl (C=O) groups excluding carboxylic acids is 2. The minimum atomic E-state index is -0.962. The first-order valence-electron chi connectivity index (χ1n) is 9.15. The normalized spacial score (nSPS) is 23.1. The van der Waals surface area contributed by atoms with Crippen LogP contribution in [0.2, 0.25) is 0 Å². The number of rotatable bonds is 7. The molecule has 0 aromatic heterocycles. The minimum Gasteiger partial charge on any atom is -0.475 e. The van der Waals surface area contributed by atoms with Crippen LogP contribution in [0.15, 0.2) is 24.3 Å². The van der Waals surface area contributed by atoms with E-state index in [-0.39, 0.29) is 23.4 Å². The molecule has 148 valence electrons. The van der Waals surface area contributed by atoms with Crippen LogP contribution < -0.4 is 10.1 Å². The molecule has 8 nitrogen and oxygen atoms in total. The van der Waals surface area contributed by atoms with Crippen LogP contribution in [-0.2, 0) is 14.3 Å². The van der Waals surface area contributed by atoms with Crippen LogP contribution in [0.25, 0.3) is 0 Å². The van der Waals surface area contributed by atoms with Gasteiger partial charge in [0.15, 0.2) is 18.5 Å². The number of nitro groups is 1. The fraction of sp³-hybridized carbons (Fsp3) is 0.579. The van der Waals surface area contributed by atoms with E-state index in [9.17, 15) is 19.7 Å². The predicted molar refractivity (Wildman–Crippen MR) is 98.3 cm³/mol. The number of carbonyl (C=O) groups is 2. The largest absolute Gasteiger partial charge is 0.475 e. The minimum absolute atomic E-state index is 0.0263. The Labute approximate surface area is 158 Å². The van der Waals surface area contributed by atoms with Gasteiger partial charge >= 0.3 is 11.7 Å². The van der Waals surface area contributed by atoms with Crippen molar-refractivity contribution < 1.29 is 24.0 Å². The van der Waals surface area contributed by atoms with Crippen molar-refractivity contribution in [1.82, 2.24) is 5.32 Å². The Bertz CT molecular complexity index is 693. The highest BCUT2D eigenvalue weighted by Crippen LogP contribution is 2.29. The second kappa shape index (κ2) is 9.34. The number of esters is 1. The molecule has 1 N–H and O–H groups in total. The van der Waals surface area contributed by atoms with Gasteiger partial charge in [0.1, 0.15) is 0 Å². The zero-order chi connectivity index (χ0) is 20.0. The van der Waals surface area contributed by atoms with Gasteiger partial charge < -0.3 is 14.8 Å². The zero-order valence-electron chi connectivity index (χ0n) is 15.8. The van der Waals surface area contributed by atoms with Crippen LogP contribution in [0.1, 0.15) is 40.0 Å². The lowest BCUT2D eigenvalue weighted by Crippen LogP contribution is -2.47. The third kappa shape index (κ3) is 5.67. The third-order valence-electron chi connectivity index (χ3n) is 5.12. The lowest BCUT2D eigenvalue weighted by atomic mass is 9.78. The van der Waals surface area contributed by atoms with Crippen LogP contribution in [0, 0.1) is 22.0 Å². The molecule has 0 aliphatic heterocycles. The molecule has 27 heavy (non-hydrogen) atoms. The fourth-order valence-corrected chi connectivity index (χ4v) is 3.24. The second-order valence-electron chi connectivity index (χ2n) is 7.03. The SMILES string of the molecule is C[C@@H]1[C@@H](C)CCC[C@H]1NC(=O)[C@@H](C)OC(=O)COc1ccccc1[N+](=O)[O-]. The van der Waals surface area contributed by atoms with E-state index in [1.807, 2.05) is 0 Å². The van der Waals surface area contributed by atoms with Crippen LogP contribution >= 0.6 is 0 Å². The molecule has 0 heterocycles. The summed E-state index contributed by atoms with van der Waals surface area (Å²) in [5.74, 6) is -0.230. The van der Waals surface area contributed by atoms with Gasteiger partial charge in [0.05, 0.1) is 4.92 Å². The van der Waals surface area contributed by atoms with E-state index in [0.717, 1.165) is 19.3 Å². The summed E-state index contributed by atoms with van der Waals surface area (Å²) in [4.78, 5) is 34.6. The number of amides is 1. The van der Waals surface area contributed by atoms with Crippen molar-refractivity contribution >= 4 is 17.6 Å². The summed E-state index contributed by atoms with van der Waals surface area (Å²) in [5.41, 5.74) is -0.239. The van der Waals surface area contributed by atoms with Crippen LogP contribution in [0.5, 0.6) is 5.75 Å². The van der Waals surface area contributed by atoms with Crippen molar-refractivity contribution in [1.29, 1.82) is 0 Å². The van der Waals surface area contributed by atoms with Gasteiger partial charge in [0.25, 0.3) is 5.91 Å². The van der Waals surface area contributed by atoms with Crippen molar-refractivity contribution in [2.24, 2.45) is 11.8 Å². The van der Waals surface area contributed by atoms with E-state index in [4.69, 9.17) is 9.47 Å². The fourth-order valence-electron chi connectivity index (χ4n) is 3.24. The summed E-state index contributed by atoms with van der Waals surface area (Å²) < 4.78 is 10.3. The van der Waals surface area contributed by atoms with Crippen LogP contribution in [-0.4, -0.2) is 35.6 Å². The summed E-state index contributed by atoms with van der Waals surface area (Å²) in [5, 5.41) is 13.9. The first kappa shape index (κ1) is 20.7. The quantitative estimate of drug-likeness (QED) is 0.444. The summed E-state index contributed by atoms with van der Waals surface area (Å²) in [6.45, 7) is 5.27. The second-order valence-corrected chi connectivity index (χ2v) is 7.03. The molecular formula is C19H26N2O6. The average molecular weight is 378 g/mol. The molecule has 1 saturated carbocycles. The third-order valence-corrected chi connectivity index (χ3v) is 5.12. The first-order chi connectivity index (χ1) is 12.8. The number of nitrogens with one attached hydrogen (secondary N) is 1. The molecule has 0 spiro atoms. The summed E-state index contributed by atoms with van der Waals surface area (Å²) in [6.07, 6.45) is 2.17. The average Bonchev–Trinajstić information content (AvgIpc) is 2.63. The van der Waals surface area contributed by atoms with Gasteiger partial charge in [-0.3, -0.25) is 14.9 Å². The summed E-state index contributed by atoms with van der Waals surface area (Å²) in [6, 6.07) is 5.82. The van der Waals surface area contributed by atoms with Crippen LogP contribution in [0.3, 0.4) is 0 Å². The van der Waals surface area contributed by atoms with Crippen molar-refractivity contribution in [2.75, 3.05) is 6.61 Å². The smallest absolute Gasteiger partial charge is 0.344 e. The molecule has 1 aliphatic rings. The summed E-state index contributed by atoms with van der Waals surface area (Å²) in [7, 11) is 0. The molecule has 1 aromatic carbocycles. The Morgan fingerprint density at radius 3 is 2.70 bits per heavy atom. The van der Waals surface area contributed by atoms with E-state index in [1.54, 1.807) is 6.07 Å². The van der Waals surface area contributed by atoms with E-state index in [0.29, 0.717) is 11.8 Å². The Kier molecular flexibility index (Phi) is 7.15. The van der Waals surface area contributed by atoms with Gasteiger partial charge in [-0.1, -0.05) is 38.8 Å². The maximum absolute atomic E-state index is 12.3. The zero-order valence-corrected chi connectivity index (χ0v) is 15.8. The molecule has 0 radical (unpaired) electrons. The van der Waals surface area contributed by atoms with Gasteiger partial charge in [0, 0.05) is 12.1 Å². The molecule has 1 aliphatic carbocycles. The Balaban J connectivity index is 1.83. The lowest BCUT2D eigenvalue weighted by molar-refractivity contribution is -0.385. The van der Waals surface area contributed by atoms with E-state index < -0.39 is 23.6 Å². The highest BCUT2D eigenvalue weighted by molar-refractivity contribution is 5.84. The van der Waals surface area contributed by atoms with Crippen molar-refractivity contribution in [3.05, 3.63) is 34.4 Å². The Morgan fingerprint density at radius 2 is 2.00 bits per heavy atom. The number of para-hydroxylation sites is 2. The maximum atomic E-state index is 12.3. The van der Waals surface area contributed by atoms with E-state index >= 15 is 0 Å². The number of ether oxygens (including phenoxy) is 2. The van der Waals surface area contributed by atoms with Crippen LogP contribution in [0.4, 0.5) is 5.69 Å². The Hall–Kier alpha value is -2.64. The Morgan fingerprint density at radius 1 is 1.30 bits per heavy atom. The molecular weight excluding hydrogens is 352 g/mol. The van der Waals surface area contributed by atoms with Crippen molar-refractivity contribution in [3.63, 3.8) is 0 Å². The standard InChI is InChI=1S/C19H26N2O6/c1-12-7-6-8-15(13(12)2)20-19(23)14(3)27-18(22)11-26-17-10-5-4-9-16(17)21(24)25/h4-5,9-10,12-15H,6-8,11H2,1-3H3,(H,20,23)/t12-,13+,14+,15+/m0/s1. The molecule has 2 rings (SSSR count). The number of nitrogens with zero attached hydrogens (tertiary/aromatic N) is 1. The number of hydrogen-bond acceptors (Lipinski definition) is 6. The van der Waals surface area contributed by atoms with E-state index in [2.05, 4.69) is 19.2 Å². The van der Waals surface area contributed by atoms with Gasteiger partial charge in [-0.2, -0.15) is 0 Å². The molecule has 8 heteroatoms.